The summed E-state index contributed by atoms with van der Waals surface area (Å²) in [6, 6.07) is 6.00. The van der Waals surface area contributed by atoms with Gasteiger partial charge in [0.2, 0.25) is 5.91 Å². The van der Waals surface area contributed by atoms with E-state index in [9.17, 15) is 9.90 Å². The average Bonchev–Trinajstić information content (AvgIpc) is 2.96. The maximum Gasteiger partial charge on any atom is 0.222 e. The molecule has 122 valence electrons. The van der Waals surface area contributed by atoms with Crippen molar-refractivity contribution in [2.75, 3.05) is 13.1 Å². The van der Waals surface area contributed by atoms with E-state index in [0.717, 1.165) is 18.5 Å². The molecule has 1 amide bonds. The topological polar surface area (TPSA) is 84.1 Å². The van der Waals surface area contributed by atoms with E-state index < -0.39 is 6.10 Å². The van der Waals surface area contributed by atoms with Crippen molar-refractivity contribution in [2.45, 2.75) is 38.3 Å². The van der Waals surface area contributed by atoms with E-state index in [0.29, 0.717) is 25.2 Å². The lowest BCUT2D eigenvalue weighted by atomic mass is 10.1. The van der Waals surface area contributed by atoms with Crippen molar-refractivity contribution in [2.24, 2.45) is 0 Å². The van der Waals surface area contributed by atoms with Crippen LogP contribution in [0.5, 0.6) is 0 Å². The molecule has 0 radical (unpaired) electrons. The van der Waals surface area contributed by atoms with Gasteiger partial charge in [-0.15, -0.1) is 5.10 Å². The summed E-state index contributed by atoms with van der Waals surface area (Å²) in [5, 5.41) is 17.4. The summed E-state index contributed by atoms with van der Waals surface area (Å²) in [5.41, 5.74) is 1.58. The second kappa shape index (κ2) is 6.87. The Hall–Kier alpha value is -2.28. The minimum atomic E-state index is -0.617. The van der Waals surface area contributed by atoms with Gasteiger partial charge in [-0.25, -0.2) is 4.68 Å². The maximum atomic E-state index is 12.1. The Bertz CT molecular complexity index is 650. The predicted octanol–water partition coefficient (Wildman–Crippen LogP) is 1.13. The molecule has 1 fully saturated rings. The lowest BCUT2D eigenvalue weighted by molar-refractivity contribution is -0.137. The quantitative estimate of drug-likeness (QED) is 0.864. The van der Waals surface area contributed by atoms with E-state index in [1.807, 2.05) is 23.1 Å². The molecule has 0 spiro atoms. The van der Waals surface area contributed by atoms with Crippen LogP contribution in [0.3, 0.4) is 0 Å². The number of likely N-dealkylation sites (tertiary alicyclic amines) is 1. The molecule has 0 aliphatic carbocycles. The van der Waals surface area contributed by atoms with Crippen LogP contribution < -0.4 is 0 Å². The predicted molar refractivity (Wildman–Crippen MR) is 83.4 cm³/mol. The van der Waals surface area contributed by atoms with Gasteiger partial charge in [0, 0.05) is 31.4 Å². The van der Waals surface area contributed by atoms with Gasteiger partial charge < -0.3 is 10.0 Å². The molecule has 1 unspecified atom stereocenters. The van der Waals surface area contributed by atoms with Crippen LogP contribution in [0.2, 0.25) is 0 Å². The van der Waals surface area contributed by atoms with E-state index in [-0.39, 0.29) is 11.9 Å². The number of rotatable bonds is 6. The first-order valence-corrected chi connectivity index (χ1v) is 7.91. The number of hydrogen-bond donors (Lipinski definition) is 1. The van der Waals surface area contributed by atoms with Crippen molar-refractivity contribution < 1.29 is 9.90 Å². The van der Waals surface area contributed by atoms with Gasteiger partial charge in [0.15, 0.2) is 0 Å². The Morgan fingerprint density at radius 1 is 1.43 bits per heavy atom. The molecule has 1 N–H and O–H groups in total. The van der Waals surface area contributed by atoms with Gasteiger partial charge in [0.25, 0.3) is 0 Å². The van der Waals surface area contributed by atoms with Gasteiger partial charge in [0.05, 0.1) is 18.3 Å². The third-order valence-electron chi connectivity index (χ3n) is 4.09. The van der Waals surface area contributed by atoms with E-state index in [1.165, 1.54) is 0 Å². The zero-order chi connectivity index (χ0) is 16.2. The smallest absolute Gasteiger partial charge is 0.222 e. The highest BCUT2D eigenvalue weighted by Crippen LogP contribution is 2.22. The maximum absolute atomic E-state index is 12.1. The minimum Gasteiger partial charge on any atom is -0.387 e. The normalized spacial score (nSPS) is 16.2. The van der Waals surface area contributed by atoms with Gasteiger partial charge in [0.1, 0.15) is 5.69 Å². The van der Waals surface area contributed by atoms with Crippen LogP contribution in [-0.4, -0.2) is 49.0 Å². The first kappa shape index (κ1) is 15.6. The van der Waals surface area contributed by atoms with Crippen molar-refractivity contribution in [3.05, 3.63) is 42.0 Å². The SMILES string of the molecule is CC(O)c1cn(C2CN(C(=O)CCCc3ccccn3)C2)nn1. The van der Waals surface area contributed by atoms with Gasteiger partial charge in [-0.2, -0.15) is 0 Å². The Labute approximate surface area is 134 Å². The third-order valence-corrected chi connectivity index (χ3v) is 4.09. The molecule has 2 aromatic heterocycles. The van der Waals surface area contributed by atoms with Crippen LogP contribution in [-0.2, 0) is 11.2 Å². The summed E-state index contributed by atoms with van der Waals surface area (Å²) < 4.78 is 1.74. The molecule has 3 heterocycles. The van der Waals surface area contributed by atoms with Crippen LogP contribution in [0.25, 0.3) is 0 Å². The number of aliphatic hydroxyl groups excluding tert-OH is 1. The standard InChI is InChI=1S/C16H21N5O2/c1-12(22)15-11-21(19-18-15)14-9-20(10-14)16(23)7-4-6-13-5-2-3-8-17-13/h2-3,5,8,11-12,14,22H,4,6-7,9-10H2,1H3. The fourth-order valence-electron chi connectivity index (χ4n) is 2.61. The zero-order valence-corrected chi connectivity index (χ0v) is 13.2. The zero-order valence-electron chi connectivity index (χ0n) is 13.2. The first-order chi connectivity index (χ1) is 11.1. The van der Waals surface area contributed by atoms with Crippen LogP contribution in [0.1, 0.15) is 43.3 Å². The average molecular weight is 315 g/mol. The number of nitrogens with zero attached hydrogens (tertiary/aromatic N) is 5. The largest absolute Gasteiger partial charge is 0.387 e. The lowest BCUT2D eigenvalue weighted by Crippen LogP contribution is -2.50. The van der Waals surface area contributed by atoms with Crippen molar-refractivity contribution in [3.8, 4) is 0 Å². The lowest BCUT2D eigenvalue weighted by Gasteiger charge is -2.39. The van der Waals surface area contributed by atoms with E-state index in [2.05, 4.69) is 15.3 Å². The number of amides is 1. The second-order valence-electron chi connectivity index (χ2n) is 5.93. The number of carbonyl (C=O) groups excluding carboxylic acids is 1. The number of carbonyl (C=O) groups is 1. The highest BCUT2D eigenvalue weighted by atomic mass is 16.3. The van der Waals surface area contributed by atoms with Crippen LogP contribution >= 0.6 is 0 Å². The fourth-order valence-corrected chi connectivity index (χ4v) is 2.61. The van der Waals surface area contributed by atoms with Crippen molar-refractivity contribution >= 4 is 5.91 Å². The van der Waals surface area contributed by atoms with E-state index in [1.54, 1.807) is 24.0 Å². The monoisotopic (exact) mass is 315 g/mol. The molecule has 0 saturated carbocycles. The second-order valence-corrected chi connectivity index (χ2v) is 5.93. The molecule has 2 aromatic rings. The summed E-state index contributed by atoms with van der Waals surface area (Å²) in [6.45, 7) is 2.97. The molecular formula is C16H21N5O2. The van der Waals surface area contributed by atoms with Crippen LogP contribution in [0.15, 0.2) is 30.6 Å². The summed E-state index contributed by atoms with van der Waals surface area (Å²) >= 11 is 0. The van der Waals surface area contributed by atoms with Gasteiger partial charge in [-0.1, -0.05) is 11.3 Å². The highest BCUT2D eigenvalue weighted by molar-refractivity contribution is 5.77. The molecule has 1 aliphatic heterocycles. The van der Waals surface area contributed by atoms with Gasteiger partial charge in [-0.3, -0.25) is 9.78 Å². The number of pyridine rings is 1. The molecule has 0 bridgehead atoms. The van der Waals surface area contributed by atoms with Gasteiger partial charge in [-0.05, 0) is 31.9 Å². The Kier molecular flexibility index (Phi) is 4.66. The Morgan fingerprint density at radius 2 is 2.26 bits per heavy atom. The first-order valence-electron chi connectivity index (χ1n) is 7.91. The van der Waals surface area contributed by atoms with Crippen molar-refractivity contribution in [1.82, 2.24) is 24.9 Å². The summed E-state index contributed by atoms with van der Waals surface area (Å²) in [6.07, 6.45) is 5.08. The molecule has 3 rings (SSSR count). The number of aromatic nitrogens is 4. The molecule has 1 atom stereocenters. The molecule has 23 heavy (non-hydrogen) atoms. The molecule has 0 aromatic carbocycles. The highest BCUT2D eigenvalue weighted by Gasteiger charge is 2.32. The molecule has 1 aliphatic rings. The van der Waals surface area contributed by atoms with Crippen molar-refractivity contribution in [3.63, 3.8) is 0 Å². The number of hydrogen-bond acceptors (Lipinski definition) is 5. The third kappa shape index (κ3) is 3.73. The van der Waals surface area contributed by atoms with Crippen LogP contribution in [0, 0.1) is 0 Å². The summed E-state index contributed by atoms with van der Waals surface area (Å²) in [5.74, 6) is 0.174. The molecular weight excluding hydrogens is 294 g/mol. The van der Waals surface area contributed by atoms with E-state index >= 15 is 0 Å². The number of aliphatic hydroxyl groups is 1. The Morgan fingerprint density at radius 3 is 2.91 bits per heavy atom. The summed E-state index contributed by atoms with van der Waals surface area (Å²) in [7, 11) is 0. The van der Waals surface area contributed by atoms with Crippen LogP contribution in [0.4, 0.5) is 0 Å². The van der Waals surface area contributed by atoms with Crippen molar-refractivity contribution in [1.29, 1.82) is 0 Å². The minimum absolute atomic E-state index is 0.162. The number of aryl methyl sites for hydroxylation is 1. The van der Waals surface area contributed by atoms with Gasteiger partial charge >= 0.3 is 0 Å². The summed E-state index contributed by atoms with van der Waals surface area (Å²) in [4.78, 5) is 18.2. The molecule has 1 saturated heterocycles. The fraction of sp³-hybridized carbons (Fsp3) is 0.500. The molecule has 7 nitrogen and oxygen atoms in total. The molecule has 7 heteroatoms. The Balaban J connectivity index is 1.41. The van der Waals surface area contributed by atoms with E-state index in [4.69, 9.17) is 0 Å².